The van der Waals surface area contributed by atoms with Gasteiger partial charge in [0.25, 0.3) is 0 Å². The van der Waals surface area contributed by atoms with Gasteiger partial charge in [0.05, 0.1) is 16.1 Å². The highest BCUT2D eigenvalue weighted by Gasteiger charge is 2.23. The number of nitrogens with zero attached hydrogens (tertiary/aromatic N) is 3. The van der Waals surface area contributed by atoms with Crippen LogP contribution in [0.2, 0.25) is 5.02 Å². The van der Waals surface area contributed by atoms with Gasteiger partial charge in [0.2, 0.25) is 0 Å². The molecule has 0 atom stereocenters. The fourth-order valence-electron chi connectivity index (χ4n) is 3.39. The molecule has 1 fully saturated rings. The summed E-state index contributed by atoms with van der Waals surface area (Å²) in [6, 6.07) is 9.74. The van der Waals surface area contributed by atoms with Crippen LogP contribution < -0.4 is 5.32 Å². The Bertz CT molecular complexity index is 1320. The number of hydrogen-bond acceptors (Lipinski definition) is 5. The number of rotatable bonds is 5. The summed E-state index contributed by atoms with van der Waals surface area (Å²) in [7, 11) is 0. The van der Waals surface area contributed by atoms with E-state index in [1.807, 2.05) is 0 Å². The lowest BCUT2D eigenvalue weighted by atomic mass is 10.1. The van der Waals surface area contributed by atoms with Gasteiger partial charge >= 0.3 is 5.97 Å². The summed E-state index contributed by atoms with van der Waals surface area (Å²) in [5.41, 5.74) is 2.23. The SMILES string of the molecule is O=C(O)c1ccc2c(c1)nc(NC1CC1)c1nc(Cc3ccc(F)c(Cl)c3)ncc12. The lowest BCUT2D eigenvalue weighted by Crippen LogP contribution is -2.07. The Balaban J connectivity index is 1.63. The van der Waals surface area contributed by atoms with Gasteiger partial charge in [0, 0.05) is 29.4 Å². The minimum atomic E-state index is -1.000. The van der Waals surface area contributed by atoms with E-state index in [1.54, 1.807) is 36.5 Å². The molecule has 1 aliphatic rings. The normalized spacial score (nSPS) is 13.7. The zero-order chi connectivity index (χ0) is 20.8. The lowest BCUT2D eigenvalue weighted by molar-refractivity contribution is 0.0697. The first-order chi connectivity index (χ1) is 14.5. The van der Waals surface area contributed by atoms with Gasteiger partial charge in [0.15, 0.2) is 5.82 Å². The number of hydrogen-bond donors (Lipinski definition) is 2. The van der Waals surface area contributed by atoms with Gasteiger partial charge in [-0.1, -0.05) is 23.7 Å². The monoisotopic (exact) mass is 422 g/mol. The average molecular weight is 423 g/mol. The number of halogens is 2. The zero-order valence-corrected chi connectivity index (χ0v) is 16.4. The minimum Gasteiger partial charge on any atom is -0.478 e. The Morgan fingerprint density at radius 3 is 2.73 bits per heavy atom. The summed E-state index contributed by atoms with van der Waals surface area (Å²) in [6.45, 7) is 0. The number of carbonyl (C=O) groups is 1. The Morgan fingerprint density at radius 2 is 2.00 bits per heavy atom. The standard InChI is InChI=1S/C22H16ClFN4O2/c23-16-7-11(1-6-17(16)24)8-19-25-10-15-14-5-2-12(22(29)30)9-18(14)27-21(20(15)28-19)26-13-3-4-13/h1-2,5-7,9-10,13H,3-4,8H2,(H,26,27)(H,29,30). The van der Waals surface area contributed by atoms with Crippen molar-refractivity contribution in [3.8, 4) is 0 Å². The molecule has 0 saturated heterocycles. The minimum absolute atomic E-state index is 0.0614. The molecule has 8 heteroatoms. The summed E-state index contributed by atoms with van der Waals surface area (Å²) < 4.78 is 13.4. The van der Waals surface area contributed by atoms with Crippen LogP contribution in [-0.4, -0.2) is 32.1 Å². The molecule has 0 unspecified atom stereocenters. The summed E-state index contributed by atoms with van der Waals surface area (Å²) in [4.78, 5) is 25.2. The third kappa shape index (κ3) is 3.52. The lowest BCUT2D eigenvalue weighted by Gasteiger charge is -2.12. The number of fused-ring (bicyclic) bond motifs is 3. The van der Waals surface area contributed by atoms with Crippen molar-refractivity contribution in [2.24, 2.45) is 0 Å². The zero-order valence-electron chi connectivity index (χ0n) is 15.7. The van der Waals surface area contributed by atoms with Crippen LogP contribution in [-0.2, 0) is 6.42 Å². The fraction of sp³-hybridized carbons (Fsp3) is 0.182. The third-order valence-electron chi connectivity index (χ3n) is 5.09. The highest BCUT2D eigenvalue weighted by Crippen LogP contribution is 2.32. The number of aromatic carboxylic acids is 1. The van der Waals surface area contributed by atoms with Gasteiger partial charge in [-0.25, -0.2) is 24.1 Å². The number of carboxylic acid groups (broad SMARTS) is 1. The quantitative estimate of drug-likeness (QED) is 0.448. The Labute approximate surface area is 175 Å². The molecule has 2 N–H and O–H groups in total. The van der Waals surface area contributed by atoms with Gasteiger partial charge in [-0.05, 0) is 42.7 Å². The maximum Gasteiger partial charge on any atom is 0.335 e. The first-order valence-corrected chi connectivity index (χ1v) is 9.89. The van der Waals surface area contributed by atoms with E-state index < -0.39 is 11.8 Å². The van der Waals surface area contributed by atoms with Crippen LogP contribution in [0.4, 0.5) is 10.2 Å². The van der Waals surface area contributed by atoms with Crippen LogP contribution in [0, 0.1) is 5.82 Å². The highest BCUT2D eigenvalue weighted by atomic mass is 35.5. The average Bonchev–Trinajstić information content (AvgIpc) is 3.54. The molecule has 0 bridgehead atoms. The van der Waals surface area contributed by atoms with Crippen LogP contribution in [0.15, 0.2) is 42.6 Å². The first-order valence-electron chi connectivity index (χ1n) is 9.51. The molecule has 1 saturated carbocycles. The molecule has 150 valence electrons. The molecule has 0 aliphatic heterocycles. The van der Waals surface area contributed by atoms with E-state index in [0.29, 0.717) is 35.1 Å². The Morgan fingerprint density at radius 1 is 1.17 bits per heavy atom. The van der Waals surface area contributed by atoms with Crippen molar-refractivity contribution in [1.82, 2.24) is 15.0 Å². The number of carboxylic acids is 1. The van der Waals surface area contributed by atoms with E-state index in [0.717, 1.165) is 29.2 Å². The van der Waals surface area contributed by atoms with Crippen molar-refractivity contribution in [2.75, 3.05) is 5.32 Å². The molecule has 4 aromatic rings. The second kappa shape index (κ2) is 7.18. The van der Waals surface area contributed by atoms with Crippen LogP contribution in [0.5, 0.6) is 0 Å². The van der Waals surface area contributed by atoms with E-state index in [-0.39, 0.29) is 10.6 Å². The van der Waals surface area contributed by atoms with Crippen molar-refractivity contribution in [3.63, 3.8) is 0 Å². The molecule has 0 spiro atoms. The topological polar surface area (TPSA) is 88.0 Å². The van der Waals surface area contributed by atoms with Gasteiger partial charge < -0.3 is 10.4 Å². The summed E-state index contributed by atoms with van der Waals surface area (Å²) >= 11 is 5.89. The van der Waals surface area contributed by atoms with E-state index in [1.165, 1.54) is 6.07 Å². The van der Waals surface area contributed by atoms with Crippen LogP contribution in [0.3, 0.4) is 0 Å². The largest absolute Gasteiger partial charge is 0.478 e. The molecule has 30 heavy (non-hydrogen) atoms. The summed E-state index contributed by atoms with van der Waals surface area (Å²) in [5.74, 6) is -0.289. The molecule has 1 aliphatic carbocycles. The Kier molecular flexibility index (Phi) is 4.47. The van der Waals surface area contributed by atoms with Gasteiger partial charge in [-0.15, -0.1) is 0 Å². The maximum absolute atomic E-state index is 13.4. The molecule has 2 heterocycles. The molecule has 2 aromatic carbocycles. The summed E-state index contributed by atoms with van der Waals surface area (Å²) in [6.07, 6.45) is 4.24. The first kappa shape index (κ1) is 18.7. The van der Waals surface area contributed by atoms with Crippen molar-refractivity contribution < 1.29 is 14.3 Å². The Hall–Kier alpha value is -3.32. The number of benzene rings is 2. The number of nitrogens with one attached hydrogen (secondary N) is 1. The second-order valence-corrected chi connectivity index (χ2v) is 7.80. The van der Waals surface area contributed by atoms with Crippen molar-refractivity contribution in [3.05, 3.63) is 70.4 Å². The number of anilines is 1. The molecular weight excluding hydrogens is 407 g/mol. The third-order valence-corrected chi connectivity index (χ3v) is 5.38. The molecule has 0 amide bonds. The molecule has 0 radical (unpaired) electrons. The van der Waals surface area contributed by atoms with Crippen LogP contribution in [0.1, 0.15) is 34.6 Å². The van der Waals surface area contributed by atoms with Gasteiger partial charge in [-0.3, -0.25) is 0 Å². The van der Waals surface area contributed by atoms with E-state index >= 15 is 0 Å². The van der Waals surface area contributed by atoms with Gasteiger partial charge in [0.1, 0.15) is 17.2 Å². The summed E-state index contributed by atoms with van der Waals surface area (Å²) in [5, 5.41) is 14.3. The molecule has 6 nitrogen and oxygen atoms in total. The van der Waals surface area contributed by atoms with Crippen LogP contribution >= 0.6 is 11.6 Å². The molecule has 5 rings (SSSR count). The van der Waals surface area contributed by atoms with E-state index in [9.17, 15) is 14.3 Å². The van der Waals surface area contributed by atoms with Crippen molar-refractivity contribution >= 4 is 45.2 Å². The second-order valence-electron chi connectivity index (χ2n) is 7.39. The predicted molar refractivity (Wildman–Crippen MR) is 113 cm³/mol. The fourth-order valence-corrected chi connectivity index (χ4v) is 3.60. The molecule has 2 aromatic heterocycles. The smallest absolute Gasteiger partial charge is 0.335 e. The van der Waals surface area contributed by atoms with Crippen molar-refractivity contribution in [1.29, 1.82) is 0 Å². The van der Waals surface area contributed by atoms with E-state index in [4.69, 9.17) is 16.6 Å². The van der Waals surface area contributed by atoms with Crippen molar-refractivity contribution in [2.45, 2.75) is 25.3 Å². The number of pyridine rings is 1. The molecular formula is C22H16ClFN4O2. The maximum atomic E-state index is 13.4. The van der Waals surface area contributed by atoms with Gasteiger partial charge in [-0.2, -0.15) is 0 Å². The van der Waals surface area contributed by atoms with Crippen LogP contribution in [0.25, 0.3) is 21.8 Å². The highest BCUT2D eigenvalue weighted by molar-refractivity contribution is 6.30. The predicted octanol–water partition coefficient (Wildman–Crippen LogP) is 4.83. The van der Waals surface area contributed by atoms with E-state index in [2.05, 4.69) is 15.3 Å². The number of aromatic nitrogens is 3.